The van der Waals surface area contributed by atoms with Crippen LogP contribution in [0.1, 0.15) is 25.6 Å². The molecule has 0 radical (unpaired) electrons. The zero-order chi connectivity index (χ0) is 17.3. The molecule has 1 aliphatic carbocycles. The van der Waals surface area contributed by atoms with Crippen molar-refractivity contribution in [2.24, 2.45) is 0 Å². The molecule has 10 heteroatoms. The van der Waals surface area contributed by atoms with Crippen LogP contribution in [0, 0.1) is 5.82 Å². The van der Waals surface area contributed by atoms with Gasteiger partial charge in [0.25, 0.3) is 5.89 Å². The van der Waals surface area contributed by atoms with Crippen molar-refractivity contribution in [3.63, 3.8) is 0 Å². The second-order valence-corrected chi connectivity index (χ2v) is 7.63. The van der Waals surface area contributed by atoms with E-state index in [-0.39, 0.29) is 30.4 Å². The van der Waals surface area contributed by atoms with Crippen molar-refractivity contribution in [3.8, 4) is 11.5 Å². The molecule has 2 aromatic rings. The first-order chi connectivity index (χ1) is 11.4. The predicted octanol–water partition coefficient (Wildman–Crippen LogP) is 1.89. The third kappa shape index (κ3) is 4.75. The average molecular weight is 391 g/mol. The first-order valence-electron chi connectivity index (χ1n) is 7.71. The number of hydrogen-bond acceptors (Lipinski definition) is 6. The van der Waals surface area contributed by atoms with E-state index in [2.05, 4.69) is 20.2 Å². The Kier molecular flexibility index (Phi) is 6.15. The van der Waals surface area contributed by atoms with E-state index in [1.165, 1.54) is 12.1 Å². The van der Waals surface area contributed by atoms with Gasteiger partial charge >= 0.3 is 0 Å². The van der Waals surface area contributed by atoms with Gasteiger partial charge in [-0.1, -0.05) is 5.16 Å². The monoisotopic (exact) mass is 390 g/mol. The number of aromatic nitrogens is 2. The first kappa shape index (κ1) is 19.8. The van der Waals surface area contributed by atoms with E-state index in [9.17, 15) is 12.8 Å². The van der Waals surface area contributed by atoms with Crippen molar-refractivity contribution >= 4 is 22.4 Å². The summed E-state index contributed by atoms with van der Waals surface area (Å²) in [5.41, 5.74) is 0.364. The fourth-order valence-electron chi connectivity index (χ4n) is 2.16. The molecule has 1 heterocycles. The number of sulfonamides is 1. The van der Waals surface area contributed by atoms with Crippen LogP contribution in [0.3, 0.4) is 0 Å². The lowest BCUT2D eigenvalue weighted by atomic mass is 10.2. The highest BCUT2D eigenvalue weighted by molar-refractivity contribution is 7.89. The molecule has 0 amide bonds. The summed E-state index contributed by atoms with van der Waals surface area (Å²) in [4.78, 5) is 3.83. The molecule has 2 N–H and O–H groups in total. The van der Waals surface area contributed by atoms with Gasteiger partial charge < -0.3 is 9.84 Å². The van der Waals surface area contributed by atoms with Gasteiger partial charge in [0.1, 0.15) is 10.7 Å². The van der Waals surface area contributed by atoms with Crippen LogP contribution in [0.25, 0.3) is 11.5 Å². The lowest BCUT2D eigenvalue weighted by Gasteiger charge is -2.07. The summed E-state index contributed by atoms with van der Waals surface area (Å²) in [6.07, 6.45) is 2.12. The summed E-state index contributed by atoms with van der Waals surface area (Å²) in [5.74, 6) is -0.150. The van der Waals surface area contributed by atoms with Gasteiger partial charge in [-0.05, 0) is 45.0 Å². The first-order valence-corrected chi connectivity index (χ1v) is 9.19. The maximum Gasteiger partial charge on any atom is 0.257 e. The minimum absolute atomic E-state index is 0. The molecular formula is C15H20ClFN4O3S. The fourth-order valence-corrected chi connectivity index (χ4v) is 3.56. The number of hydrogen-bond donors (Lipinski definition) is 2. The number of nitrogens with one attached hydrogen (secondary N) is 2. The maximum atomic E-state index is 14.0. The molecule has 0 saturated heterocycles. The number of likely N-dealkylation sites (N-methyl/N-ethyl adjacent to an activating group) is 1. The van der Waals surface area contributed by atoms with Crippen LogP contribution in [0.4, 0.5) is 4.39 Å². The van der Waals surface area contributed by atoms with Crippen molar-refractivity contribution in [3.05, 3.63) is 29.8 Å². The molecule has 1 aromatic heterocycles. The van der Waals surface area contributed by atoms with Crippen molar-refractivity contribution < 1.29 is 17.3 Å². The molecule has 0 aliphatic heterocycles. The molecule has 138 valence electrons. The van der Waals surface area contributed by atoms with Gasteiger partial charge in [-0.2, -0.15) is 4.98 Å². The topological polar surface area (TPSA) is 97.1 Å². The molecule has 0 spiro atoms. The van der Waals surface area contributed by atoms with Crippen molar-refractivity contribution in [2.45, 2.75) is 43.2 Å². The predicted molar refractivity (Wildman–Crippen MR) is 92.5 cm³/mol. The second kappa shape index (κ2) is 7.77. The van der Waals surface area contributed by atoms with Crippen LogP contribution in [0.2, 0.25) is 0 Å². The van der Waals surface area contributed by atoms with Crippen molar-refractivity contribution in [1.29, 1.82) is 0 Å². The van der Waals surface area contributed by atoms with Gasteiger partial charge in [-0.25, -0.2) is 17.5 Å². The Labute approximate surface area is 151 Å². The molecule has 1 fully saturated rings. The smallest absolute Gasteiger partial charge is 0.257 e. The molecule has 1 unspecified atom stereocenters. The molecule has 1 aromatic carbocycles. The number of halogens is 2. The Balaban J connectivity index is 0.00000225. The number of benzene rings is 1. The summed E-state index contributed by atoms with van der Waals surface area (Å²) in [6.45, 7) is 1.97. The van der Waals surface area contributed by atoms with Crippen LogP contribution in [0.5, 0.6) is 0 Å². The summed E-state index contributed by atoms with van der Waals surface area (Å²) in [6, 6.07) is 3.80. The van der Waals surface area contributed by atoms with E-state index in [0.29, 0.717) is 17.8 Å². The highest BCUT2D eigenvalue weighted by Crippen LogP contribution is 2.26. The fraction of sp³-hybridized carbons (Fsp3) is 0.467. The molecule has 3 rings (SSSR count). The summed E-state index contributed by atoms with van der Waals surface area (Å²) in [5, 5.41) is 6.93. The summed E-state index contributed by atoms with van der Waals surface area (Å²) in [7, 11) is -2.07. The highest BCUT2D eigenvalue weighted by Gasteiger charge is 2.30. The van der Waals surface area contributed by atoms with E-state index in [0.717, 1.165) is 18.9 Å². The van der Waals surface area contributed by atoms with E-state index in [1.54, 1.807) is 0 Å². The minimum atomic E-state index is -3.90. The second-order valence-electron chi connectivity index (χ2n) is 5.95. The summed E-state index contributed by atoms with van der Waals surface area (Å²) < 4.78 is 46.1. The van der Waals surface area contributed by atoms with E-state index >= 15 is 0 Å². The Morgan fingerprint density at radius 3 is 2.76 bits per heavy atom. The van der Waals surface area contributed by atoms with E-state index in [4.69, 9.17) is 4.52 Å². The van der Waals surface area contributed by atoms with Crippen LogP contribution in [-0.2, 0) is 16.4 Å². The molecule has 25 heavy (non-hydrogen) atoms. The van der Waals surface area contributed by atoms with Crippen LogP contribution < -0.4 is 10.0 Å². The van der Waals surface area contributed by atoms with Gasteiger partial charge in [-0.15, -0.1) is 12.4 Å². The highest BCUT2D eigenvalue weighted by atomic mass is 35.5. The Hall–Kier alpha value is -1.55. The minimum Gasteiger partial charge on any atom is -0.334 e. The molecule has 7 nitrogen and oxygen atoms in total. The Bertz CT molecular complexity index is 839. The zero-order valence-electron chi connectivity index (χ0n) is 13.8. The number of rotatable bonds is 7. The molecule has 1 saturated carbocycles. The van der Waals surface area contributed by atoms with Gasteiger partial charge in [-0.3, -0.25) is 0 Å². The van der Waals surface area contributed by atoms with Gasteiger partial charge in [0.2, 0.25) is 10.0 Å². The largest absolute Gasteiger partial charge is 0.334 e. The zero-order valence-corrected chi connectivity index (χ0v) is 15.5. The quantitative estimate of drug-likeness (QED) is 0.749. The van der Waals surface area contributed by atoms with Crippen LogP contribution in [-0.4, -0.2) is 37.7 Å². The third-order valence-corrected chi connectivity index (χ3v) is 5.35. The Morgan fingerprint density at radius 2 is 2.12 bits per heavy atom. The lowest BCUT2D eigenvalue weighted by molar-refractivity contribution is 0.418. The maximum absolute atomic E-state index is 14.0. The van der Waals surface area contributed by atoms with Crippen LogP contribution in [0.15, 0.2) is 27.6 Å². The summed E-state index contributed by atoms with van der Waals surface area (Å²) >= 11 is 0. The normalized spacial score (nSPS) is 15.6. The molecule has 0 bridgehead atoms. The van der Waals surface area contributed by atoms with Gasteiger partial charge in [0.15, 0.2) is 5.82 Å². The lowest BCUT2D eigenvalue weighted by Crippen LogP contribution is -2.26. The van der Waals surface area contributed by atoms with E-state index in [1.807, 2.05) is 14.0 Å². The van der Waals surface area contributed by atoms with Gasteiger partial charge in [0, 0.05) is 24.1 Å². The van der Waals surface area contributed by atoms with Crippen LogP contribution >= 0.6 is 12.4 Å². The SMILES string of the molecule is CNC(C)Cc1noc(-c2ccc(F)c(S(=O)(=O)NC3CC3)c2)n1.Cl. The number of nitrogens with zero attached hydrogens (tertiary/aromatic N) is 2. The van der Waals surface area contributed by atoms with Gasteiger partial charge in [0.05, 0.1) is 0 Å². The molecule has 1 atom stereocenters. The van der Waals surface area contributed by atoms with Crippen molar-refractivity contribution in [2.75, 3.05) is 7.05 Å². The average Bonchev–Trinajstić information content (AvgIpc) is 3.22. The standard InChI is InChI=1S/C15H19FN4O3S.ClH/c1-9(17-2)7-14-18-15(23-19-14)10-3-6-12(16)13(8-10)24(21,22)20-11-4-5-11;/h3,6,8-9,11,17,20H,4-5,7H2,1-2H3;1H. The Morgan fingerprint density at radius 1 is 1.40 bits per heavy atom. The third-order valence-electron chi connectivity index (χ3n) is 3.82. The molecular weight excluding hydrogens is 371 g/mol. The van der Waals surface area contributed by atoms with Crippen molar-refractivity contribution in [1.82, 2.24) is 20.2 Å². The van der Waals surface area contributed by atoms with E-state index < -0.39 is 20.7 Å². The molecule has 1 aliphatic rings.